The Morgan fingerprint density at radius 1 is 1.22 bits per heavy atom. The number of primary amides is 1. The van der Waals surface area contributed by atoms with E-state index in [2.05, 4.69) is 10.4 Å². The Morgan fingerprint density at radius 3 is 2.30 bits per heavy atom. The molecule has 202 valence electrons. The molecule has 1 aromatic carbocycles. The summed E-state index contributed by atoms with van der Waals surface area (Å²) in [5, 5.41) is 7.29. The first-order valence-corrected chi connectivity index (χ1v) is 12.9. The van der Waals surface area contributed by atoms with E-state index < -0.39 is 43.6 Å². The summed E-state index contributed by atoms with van der Waals surface area (Å²) in [7, 11) is -4.76. The predicted octanol–water partition coefficient (Wildman–Crippen LogP) is 3.04. The van der Waals surface area contributed by atoms with Crippen LogP contribution in [0.5, 0.6) is 0 Å². The van der Waals surface area contributed by atoms with Gasteiger partial charge in [-0.15, -0.1) is 0 Å². The van der Waals surface area contributed by atoms with Crippen molar-refractivity contribution in [3.63, 3.8) is 0 Å². The fraction of sp³-hybridized carbons (Fsp3) is 0.478. The highest BCUT2D eigenvalue weighted by atomic mass is 32.2. The summed E-state index contributed by atoms with van der Waals surface area (Å²) in [6.07, 6.45) is 2.45. The fourth-order valence-corrected chi connectivity index (χ4v) is 4.69. The van der Waals surface area contributed by atoms with Crippen LogP contribution in [-0.2, 0) is 24.9 Å². The first kappa shape index (κ1) is 28.0. The lowest BCUT2D eigenvalue weighted by atomic mass is 9.85. The second-order valence-corrected chi connectivity index (χ2v) is 11.6. The zero-order valence-electron chi connectivity index (χ0n) is 20.6. The van der Waals surface area contributed by atoms with Gasteiger partial charge in [0.15, 0.2) is 5.82 Å². The minimum atomic E-state index is -4.76. The van der Waals surface area contributed by atoms with Gasteiger partial charge in [0, 0.05) is 31.4 Å². The third-order valence-electron chi connectivity index (χ3n) is 5.95. The van der Waals surface area contributed by atoms with Gasteiger partial charge in [0.1, 0.15) is 17.5 Å². The van der Waals surface area contributed by atoms with E-state index in [0.717, 1.165) is 18.4 Å². The van der Waals surface area contributed by atoms with Crippen LogP contribution < -0.4 is 11.1 Å². The summed E-state index contributed by atoms with van der Waals surface area (Å²) in [4.78, 5) is 37.1. The number of amides is 2. The van der Waals surface area contributed by atoms with Crippen LogP contribution >= 0.6 is 0 Å². The Kier molecular flexibility index (Phi) is 7.91. The zero-order valence-corrected chi connectivity index (χ0v) is 21.4. The maximum atomic E-state index is 12.8. The molecule has 2 aromatic rings. The monoisotopic (exact) mass is 541 g/mol. The van der Waals surface area contributed by atoms with Gasteiger partial charge < -0.3 is 25.5 Å². The molecule has 0 unspecified atom stereocenters. The molecule has 3 rings (SSSR count). The van der Waals surface area contributed by atoms with Gasteiger partial charge in [0.25, 0.3) is 5.91 Å². The van der Waals surface area contributed by atoms with Gasteiger partial charge in [-0.3, -0.25) is 9.48 Å². The number of carbonyl (C=O) groups excluding carboxylic acids is 3. The molecule has 14 heteroatoms. The molecule has 0 radical (unpaired) electrons. The van der Waals surface area contributed by atoms with Crippen LogP contribution in [0, 0.1) is 0 Å². The summed E-state index contributed by atoms with van der Waals surface area (Å²) >= 11 is 0. The number of alkyl halides is 2. The minimum absolute atomic E-state index is 0.00382. The van der Waals surface area contributed by atoms with Crippen molar-refractivity contribution >= 4 is 39.6 Å². The van der Waals surface area contributed by atoms with Crippen molar-refractivity contribution in [3.8, 4) is 0 Å². The molecule has 0 spiro atoms. The molecular weight excluding hydrogens is 512 g/mol. The van der Waals surface area contributed by atoms with Gasteiger partial charge >= 0.3 is 11.9 Å². The molecule has 3 N–H and O–H groups in total. The van der Waals surface area contributed by atoms with E-state index in [0.29, 0.717) is 12.8 Å². The number of ether oxygens (including phenoxy) is 1. The average Bonchev–Trinajstić information content (AvgIpc) is 3.23. The second-order valence-electron chi connectivity index (χ2n) is 9.72. The number of halogens is 2. The Morgan fingerprint density at radius 2 is 1.81 bits per heavy atom. The number of anilines is 2. The van der Waals surface area contributed by atoms with E-state index in [4.69, 9.17) is 10.5 Å². The lowest BCUT2D eigenvalue weighted by Gasteiger charge is -2.41. The van der Waals surface area contributed by atoms with Crippen LogP contribution in [0.15, 0.2) is 35.4 Å². The number of piperidine rings is 1. The Balaban J connectivity index is 1.86. The highest BCUT2D eigenvalue weighted by molar-refractivity contribution is 7.91. The topological polar surface area (TPSA) is 154 Å². The third-order valence-corrected chi connectivity index (χ3v) is 7.35. The van der Waals surface area contributed by atoms with Crippen molar-refractivity contribution in [2.24, 2.45) is 5.73 Å². The fourth-order valence-electron chi connectivity index (χ4n) is 3.97. The minimum Gasteiger partial charge on any atom is -0.444 e. The number of sulfone groups is 1. The normalized spacial score (nSPS) is 15.9. The number of likely N-dealkylation sites (tertiary alicyclic amines) is 1. The van der Waals surface area contributed by atoms with E-state index >= 15 is 0 Å². The van der Waals surface area contributed by atoms with Crippen LogP contribution in [0.3, 0.4) is 0 Å². The number of hydrogen-bond acceptors (Lipinski definition) is 8. The summed E-state index contributed by atoms with van der Waals surface area (Å²) in [6, 6.07) is 4.51. The molecule has 1 aromatic heterocycles. The van der Waals surface area contributed by atoms with Gasteiger partial charge in [-0.05, 0) is 57.9 Å². The second kappa shape index (κ2) is 10.4. The molecule has 0 bridgehead atoms. The number of benzene rings is 1. The lowest BCUT2D eigenvalue weighted by molar-refractivity contribution is -0.110. The largest absolute Gasteiger partial charge is 0.444 e. The van der Waals surface area contributed by atoms with Gasteiger partial charge in [-0.2, -0.15) is 13.9 Å². The SMILES string of the molecule is CC(C)(C)OC(=O)N1CCC(CC=O)(n2cc(C(N)=O)c(Nc3ccc(S(=O)(=O)C(F)F)cc3)n2)CC1. The van der Waals surface area contributed by atoms with Gasteiger partial charge in [-0.25, -0.2) is 13.2 Å². The molecule has 2 heterocycles. The first-order valence-electron chi connectivity index (χ1n) is 11.4. The van der Waals surface area contributed by atoms with Crippen molar-refractivity contribution in [2.45, 2.75) is 61.8 Å². The number of aromatic nitrogens is 2. The standard InChI is InChI=1S/C23H29F2N5O6S/c1-22(2,3)36-21(33)29-11-8-23(9-12-29,10-13-31)30-14-17(18(26)32)19(28-30)27-15-4-6-16(7-5-15)37(34,35)20(24)25/h4-7,13-14,20H,8-12H2,1-3H3,(H2,26,32)(H,27,28). The maximum Gasteiger partial charge on any atom is 0.410 e. The molecule has 0 saturated carbocycles. The van der Waals surface area contributed by atoms with Gasteiger partial charge in [0.05, 0.1) is 10.4 Å². The van der Waals surface area contributed by atoms with Crippen molar-refractivity contribution < 1.29 is 36.3 Å². The molecule has 1 aliphatic heterocycles. The highest BCUT2D eigenvalue weighted by Gasteiger charge is 2.40. The summed E-state index contributed by atoms with van der Waals surface area (Å²) in [5.41, 5.74) is 4.31. The number of aldehydes is 1. The number of rotatable bonds is 8. The van der Waals surface area contributed by atoms with Gasteiger partial charge in [0.2, 0.25) is 9.84 Å². The smallest absolute Gasteiger partial charge is 0.410 e. The summed E-state index contributed by atoms with van der Waals surface area (Å²) in [6.45, 7) is 5.87. The summed E-state index contributed by atoms with van der Waals surface area (Å²) < 4.78 is 55.8. The predicted molar refractivity (Wildman–Crippen MR) is 129 cm³/mol. The molecule has 37 heavy (non-hydrogen) atoms. The van der Waals surface area contributed by atoms with E-state index in [9.17, 15) is 31.6 Å². The van der Waals surface area contributed by atoms with Crippen LogP contribution in [0.1, 0.15) is 50.4 Å². The quantitative estimate of drug-likeness (QED) is 0.484. The average molecular weight is 542 g/mol. The Labute approximate surface area is 212 Å². The van der Waals surface area contributed by atoms with Crippen LogP contribution in [-0.4, -0.2) is 65.8 Å². The maximum absolute atomic E-state index is 12.8. The molecule has 1 aliphatic rings. The number of hydrogen-bond donors (Lipinski definition) is 2. The van der Waals surface area contributed by atoms with Crippen molar-refractivity contribution in [3.05, 3.63) is 36.0 Å². The number of carbonyl (C=O) groups is 3. The highest BCUT2D eigenvalue weighted by Crippen LogP contribution is 2.35. The molecular formula is C23H29F2N5O6S. The Hall–Kier alpha value is -3.55. The molecule has 0 aliphatic carbocycles. The van der Waals surface area contributed by atoms with E-state index in [-0.39, 0.29) is 36.6 Å². The molecule has 0 atom stereocenters. The lowest BCUT2D eigenvalue weighted by Crippen LogP contribution is -2.49. The van der Waals surface area contributed by atoms with Crippen molar-refractivity contribution in [1.29, 1.82) is 0 Å². The van der Waals surface area contributed by atoms with Crippen molar-refractivity contribution in [1.82, 2.24) is 14.7 Å². The van der Waals surface area contributed by atoms with Crippen molar-refractivity contribution in [2.75, 3.05) is 18.4 Å². The number of nitrogens with one attached hydrogen (secondary N) is 1. The van der Waals surface area contributed by atoms with Gasteiger partial charge in [-0.1, -0.05) is 0 Å². The van der Waals surface area contributed by atoms with Crippen LogP contribution in [0.25, 0.3) is 0 Å². The van der Waals surface area contributed by atoms with Crippen LogP contribution in [0.2, 0.25) is 0 Å². The number of nitrogens with zero attached hydrogens (tertiary/aromatic N) is 3. The zero-order chi connectivity index (χ0) is 27.6. The molecule has 2 amide bonds. The van der Waals surface area contributed by atoms with Crippen LogP contribution in [0.4, 0.5) is 25.1 Å². The summed E-state index contributed by atoms with van der Waals surface area (Å²) in [5.74, 6) is -4.32. The number of nitrogens with two attached hydrogens (primary N) is 1. The third kappa shape index (κ3) is 6.24. The van der Waals surface area contributed by atoms with E-state index in [1.54, 1.807) is 25.7 Å². The molecule has 11 nitrogen and oxygen atoms in total. The van der Waals surface area contributed by atoms with E-state index in [1.807, 2.05) is 0 Å². The first-order chi connectivity index (χ1) is 17.2. The van der Waals surface area contributed by atoms with E-state index in [1.165, 1.54) is 23.0 Å². The molecule has 1 fully saturated rings. The molecule has 1 saturated heterocycles. The Bertz CT molecular complexity index is 1260.